The van der Waals surface area contributed by atoms with Crippen LogP contribution in [0.2, 0.25) is 0 Å². The van der Waals surface area contributed by atoms with Crippen LogP contribution >= 0.6 is 0 Å². The molecule has 4 heteroatoms. The second kappa shape index (κ2) is 6.92. The SMILES string of the molecule is CC(C)(C)CC1(C(=O)OCCC(=O)OC2(C)CCCCC2)CC1(C)C. The molecule has 25 heavy (non-hydrogen) atoms. The Hall–Kier alpha value is -1.06. The fourth-order valence-corrected chi connectivity index (χ4v) is 4.43. The van der Waals surface area contributed by atoms with Crippen LogP contribution in [0.1, 0.15) is 92.9 Å². The average molecular weight is 353 g/mol. The van der Waals surface area contributed by atoms with Crippen molar-refractivity contribution in [1.29, 1.82) is 0 Å². The molecule has 2 fully saturated rings. The van der Waals surface area contributed by atoms with Crippen molar-refractivity contribution < 1.29 is 19.1 Å². The smallest absolute Gasteiger partial charge is 0.312 e. The van der Waals surface area contributed by atoms with Gasteiger partial charge in [0.2, 0.25) is 0 Å². The predicted octanol–water partition coefficient (Wildman–Crippen LogP) is 5.04. The van der Waals surface area contributed by atoms with Crippen LogP contribution in [-0.4, -0.2) is 24.1 Å². The van der Waals surface area contributed by atoms with Crippen LogP contribution in [0.5, 0.6) is 0 Å². The Morgan fingerprint density at radius 2 is 1.56 bits per heavy atom. The molecule has 0 aliphatic heterocycles. The standard InChI is InChI=1S/C21H36O4/c1-18(2,3)14-21(15-19(21,4)5)17(23)24-13-10-16(22)25-20(6)11-8-7-9-12-20/h7-15H2,1-6H3. The zero-order valence-corrected chi connectivity index (χ0v) is 17.0. The number of rotatable bonds is 6. The van der Waals surface area contributed by atoms with Gasteiger partial charge < -0.3 is 9.47 Å². The lowest BCUT2D eigenvalue weighted by Crippen LogP contribution is -2.34. The highest BCUT2D eigenvalue weighted by Gasteiger charge is 2.67. The maximum atomic E-state index is 12.7. The number of hydrogen-bond donors (Lipinski definition) is 0. The van der Waals surface area contributed by atoms with E-state index in [9.17, 15) is 9.59 Å². The topological polar surface area (TPSA) is 52.6 Å². The molecule has 0 heterocycles. The van der Waals surface area contributed by atoms with Gasteiger partial charge in [-0.05, 0) is 56.3 Å². The molecule has 1 atom stereocenters. The van der Waals surface area contributed by atoms with Gasteiger partial charge in [-0.15, -0.1) is 0 Å². The van der Waals surface area contributed by atoms with E-state index in [4.69, 9.17) is 9.47 Å². The van der Waals surface area contributed by atoms with Crippen LogP contribution < -0.4 is 0 Å². The van der Waals surface area contributed by atoms with Crippen LogP contribution in [0, 0.1) is 16.2 Å². The summed E-state index contributed by atoms with van der Waals surface area (Å²) in [5.41, 5.74) is -0.676. The van der Waals surface area contributed by atoms with Crippen molar-refractivity contribution in [2.24, 2.45) is 16.2 Å². The molecule has 0 radical (unpaired) electrons. The molecular formula is C21H36O4. The van der Waals surface area contributed by atoms with Crippen LogP contribution in [-0.2, 0) is 19.1 Å². The van der Waals surface area contributed by atoms with E-state index in [-0.39, 0.29) is 41.4 Å². The summed E-state index contributed by atoms with van der Waals surface area (Å²) in [4.78, 5) is 24.8. The highest BCUT2D eigenvalue weighted by Crippen LogP contribution is 2.68. The van der Waals surface area contributed by atoms with Gasteiger partial charge in [0.05, 0.1) is 11.8 Å². The summed E-state index contributed by atoms with van der Waals surface area (Å²) in [7, 11) is 0. The second-order valence-corrected chi connectivity index (χ2v) is 10.3. The second-order valence-electron chi connectivity index (χ2n) is 10.3. The quantitative estimate of drug-likeness (QED) is 0.629. The summed E-state index contributed by atoms with van der Waals surface area (Å²) in [6, 6.07) is 0. The first-order chi connectivity index (χ1) is 11.4. The molecule has 0 spiro atoms. The van der Waals surface area contributed by atoms with E-state index in [1.54, 1.807) is 0 Å². The lowest BCUT2D eigenvalue weighted by atomic mass is 9.79. The van der Waals surface area contributed by atoms with Gasteiger partial charge in [0.15, 0.2) is 0 Å². The van der Waals surface area contributed by atoms with E-state index in [2.05, 4.69) is 34.6 Å². The molecule has 0 N–H and O–H groups in total. The Morgan fingerprint density at radius 3 is 2.04 bits per heavy atom. The molecule has 1 unspecified atom stereocenters. The summed E-state index contributed by atoms with van der Waals surface area (Å²) in [5, 5.41) is 0. The molecule has 4 nitrogen and oxygen atoms in total. The van der Waals surface area contributed by atoms with Crippen molar-refractivity contribution in [1.82, 2.24) is 0 Å². The monoisotopic (exact) mass is 352 g/mol. The minimum absolute atomic E-state index is 0.0204. The Morgan fingerprint density at radius 1 is 1.00 bits per heavy atom. The molecule has 0 bridgehead atoms. The summed E-state index contributed by atoms with van der Waals surface area (Å²) < 4.78 is 11.2. The average Bonchev–Trinajstić information content (AvgIpc) is 2.98. The molecule has 2 aliphatic carbocycles. The van der Waals surface area contributed by atoms with Crippen molar-refractivity contribution in [3.63, 3.8) is 0 Å². The van der Waals surface area contributed by atoms with Crippen molar-refractivity contribution in [3.8, 4) is 0 Å². The van der Waals surface area contributed by atoms with Crippen molar-refractivity contribution in [3.05, 3.63) is 0 Å². The molecule has 0 aromatic carbocycles. The third-order valence-electron chi connectivity index (χ3n) is 5.95. The first-order valence-electron chi connectivity index (χ1n) is 9.78. The number of carbonyl (C=O) groups is 2. The molecule has 144 valence electrons. The van der Waals surface area contributed by atoms with E-state index >= 15 is 0 Å². The Kier molecular flexibility index (Phi) is 5.61. The van der Waals surface area contributed by atoms with Crippen LogP contribution in [0.4, 0.5) is 0 Å². The lowest BCUT2D eigenvalue weighted by Gasteiger charge is -2.33. The number of carbonyl (C=O) groups excluding carboxylic acids is 2. The van der Waals surface area contributed by atoms with Gasteiger partial charge in [-0.3, -0.25) is 9.59 Å². The van der Waals surface area contributed by atoms with Crippen molar-refractivity contribution in [2.75, 3.05) is 6.61 Å². The molecular weight excluding hydrogens is 316 g/mol. The molecule has 0 amide bonds. The molecule has 2 saturated carbocycles. The third kappa shape index (κ3) is 4.98. The maximum absolute atomic E-state index is 12.7. The Bertz CT molecular complexity index is 508. The van der Waals surface area contributed by atoms with Gasteiger partial charge >= 0.3 is 11.9 Å². The predicted molar refractivity (Wildman–Crippen MR) is 98.1 cm³/mol. The first kappa shape index (κ1) is 20.3. The zero-order valence-electron chi connectivity index (χ0n) is 17.0. The molecule has 2 rings (SSSR count). The van der Waals surface area contributed by atoms with Crippen LogP contribution in [0.25, 0.3) is 0 Å². The van der Waals surface area contributed by atoms with E-state index in [1.165, 1.54) is 6.42 Å². The van der Waals surface area contributed by atoms with E-state index in [1.807, 2.05) is 6.92 Å². The van der Waals surface area contributed by atoms with Gasteiger partial charge in [0, 0.05) is 0 Å². The highest BCUT2D eigenvalue weighted by molar-refractivity contribution is 5.82. The largest absolute Gasteiger partial charge is 0.465 e. The lowest BCUT2D eigenvalue weighted by molar-refractivity contribution is -0.164. The van der Waals surface area contributed by atoms with Gasteiger partial charge in [0.1, 0.15) is 12.2 Å². The number of hydrogen-bond acceptors (Lipinski definition) is 4. The van der Waals surface area contributed by atoms with Gasteiger partial charge in [0.25, 0.3) is 0 Å². The number of esters is 2. The fraction of sp³-hybridized carbons (Fsp3) is 0.905. The highest BCUT2D eigenvalue weighted by atomic mass is 16.6. The summed E-state index contributed by atoms with van der Waals surface area (Å²) in [6.07, 6.45) is 7.13. The summed E-state index contributed by atoms with van der Waals surface area (Å²) in [5.74, 6) is -0.402. The van der Waals surface area contributed by atoms with Gasteiger partial charge in [-0.25, -0.2) is 0 Å². The normalized spacial score (nSPS) is 27.4. The minimum Gasteiger partial charge on any atom is -0.465 e. The Balaban J connectivity index is 1.80. The van der Waals surface area contributed by atoms with E-state index in [0.717, 1.165) is 38.5 Å². The van der Waals surface area contributed by atoms with Crippen molar-refractivity contribution in [2.45, 2.75) is 98.5 Å². The van der Waals surface area contributed by atoms with E-state index in [0.29, 0.717) is 0 Å². The van der Waals surface area contributed by atoms with Gasteiger partial charge in [-0.2, -0.15) is 0 Å². The molecule has 2 aliphatic rings. The summed E-state index contributed by atoms with van der Waals surface area (Å²) in [6.45, 7) is 12.8. The number of ether oxygens (including phenoxy) is 2. The fourth-order valence-electron chi connectivity index (χ4n) is 4.43. The van der Waals surface area contributed by atoms with E-state index < -0.39 is 5.41 Å². The van der Waals surface area contributed by atoms with Crippen molar-refractivity contribution >= 4 is 11.9 Å². The van der Waals surface area contributed by atoms with Crippen LogP contribution in [0.15, 0.2) is 0 Å². The van der Waals surface area contributed by atoms with Crippen LogP contribution in [0.3, 0.4) is 0 Å². The molecule has 0 aromatic rings. The third-order valence-corrected chi connectivity index (χ3v) is 5.95. The molecule has 0 saturated heterocycles. The minimum atomic E-state index is -0.398. The molecule has 0 aromatic heterocycles. The zero-order chi connectivity index (χ0) is 18.9. The maximum Gasteiger partial charge on any atom is 0.312 e. The van der Waals surface area contributed by atoms with Gasteiger partial charge in [-0.1, -0.05) is 41.0 Å². The Labute approximate surface area is 153 Å². The summed E-state index contributed by atoms with van der Waals surface area (Å²) >= 11 is 0. The first-order valence-corrected chi connectivity index (χ1v) is 9.78.